The van der Waals surface area contributed by atoms with Crippen LogP contribution in [0, 0.1) is 0 Å². The van der Waals surface area contributed by atoms with Crippen molar-refractivity contribution in [3.05, 3.63) is 12.3 Å². The van der Waals surface area contributed by atoms with Crippen LogP contribution in [0.5, 0.6) is 0 Å². The zero-order valence-electron chi connectivity index (χ0n) is 8.85. The van der Waals surface area contributed by atoms with Crippen LogP contribution in [0.3, 0.4) is 0 Å². The number of nitrogens with zero attached hydrogens (tertiary/aromatic N) is 2. The number of piperidine rings is 1. The Kier molecular flexibility index (Phi) is 7.12. The van der Waals surface area contributed by atoms with Crippen molar-refractivity contribution in [1.82, 2.24) is 15.3 Å². The monoisotopic (exact) mass is 265 g/mol. The van der Waals surface area contributed by atoms with Crippen molar-refractivity contribution in [3.8, 4) is 0 Å². The number of hydrogen-bond acceptors (Lipinski definition) is 5. The second-order valence-electron chi connectivity index (χ2n) is 3.47. The minimum atomic E-state index is 0. The molecule has 1 aliphatic rings. The standard InChI is InChI=1S/C9H15N5.2ClH/c10-9-12-6-3-8(14-9)13-7-1-4-11-5-2-7;;/h3,6-7,11H,1-2,4-5H2,(H3,10,12,13,14);2*1H. The van der Waals surface area contributed by atoms with E-state index in [1.54, 1.807) is 6.20 Å². The first-order chi connectivity index (χ1) is 6.84. The molecule has 0 amide bonds. The molecule has 1 aromatic heterocycles. The molecule has 2 heterocycles. The Morgan fingerprint density at radius 2 is 2.00 bits per heavy atom. The number of aromatic nitrogens is 2. The fourth-order valence-electron chi connectivity index (χ4n) is 1.63. The summed E-state index contributed by atoms with van der Waals surface area (Å²) in [6.45, 7) is 2.14. The minimum Gasteiger partial charge on any atom is -0.368 e. The van der Waals surface area contributed by atoms with Crippen molar-refractivity contribution >= 4 is 36.6 Å². The molecular weight excluding hydrogens is 249 g/mol. The van der Waals surface area contributed by atoms with E-state index in [2.05, 4.69) is 20.6 Å². The van der Waals surface area contributed by atoms with Crippen LogP contribution in [0.1, 0.15) is 12.8 Å². The third kappa shape index (κ3) is 4.38. The Morgan fingerprint density at radius 1 is 1.31 bits per heavy atom. The van der Waals surface area contributed by atoms with Gasteiger partial charge < -0.3 is 16.4 Å². The SMILES string of the molecule is Cl.Cl.Nc1nccc(NC2CCNCC2)n1. The van der Waals surface area contributed by atoms with Crippen LogP contribution < -0.4 is 16.4 Å². The van der Waals surface area contributed by atoms with Gasteiger partial charge in [-0.1, -0.05) is 0 Å². The van der Waals surface area contributed by atoms with E-state index in [0.29, 0.717) is 12.0 Å². The lowest BCUT2D eigenvalue weighted by atomic mass is 10.1. The molecule has 0 unspecified atom stereocenters. The number of halogens is 2. The highest BCUT2D eigenvalue weighted by Crippen LogP contribution is 2.10. The first-order valence-corrected chi connectivity index (χ1v) is 4.90. The highest BCUT2D eigenvalue weighted by Gasteiger charge is 2.12. The predicted molar refractivity (Wildman–Crippen MR) is 70.5 cm³/mol. The van der Waals surface area contributed by atoms with Crippen molar-refractivity contribution in [1.29, 1.82) is 0 Å². The summed E-state index contributed by atoms with van der Waals surface area (Å²) >= 11 is 0. The maximum Gasteiger partial charge on any atom is 0.221 e. The molecule has 0 aromatic carbocycles. The van der Waals surface area contributed by atoms with E-state index >= 15 is 0 Å². The van der Waals surface area contributed by atoms with Crippen molar-refractivity contribution in [3.63, 3.8) is 0 Å². The van der Waals surface area contributed by atoms with Gasteiger partial charge in [0.25, 0.3) is 0 Å². The van der Waals surface area contributed by atoms with Crippen molar-refractivity contribution in [2.24, 2.45) is 0 Å². The van der Waals surface area contributed by atoms with Crippen LogP contribution in [-0.4, -0.2) is 29.1 Å². The van der Waals surface area contributed by atoms with E-state index in [1.165, 1.54) is 0 Å². The summed E-state index contributed by atoms with van der Waals surface area (Å²) in [5.41, 5.74) is 5.49. The van der Waals surface area contributed by atoms with Gasteiger partial charge in [0.15, 0.2) is 0 Å². The average Bonchev–Trinajstić information content (AvgIpc) is 2.19. The first-order valence-electron chi connectivity index (χ1n) is 4.90. The summed E-state index contributed by atoms with van der Waals surface area (Å²) in [6.07, 6.45) is 3.93. The van der Waals surface area contributed by atoms with E-state index in [9.17, 15) is 0 Å². The predicted octanol–water partition coefficient (Wildman–Crippen LogP) is 1.07. The molecule has 0 saturated carbocycles. The van der Waals surface area contributed by atoms with Gasteiger partial charge >= 0.3 is 0 Å². The molecule has 0 aliphatic carbocycles. The lowest BCUT2D eigenvalue weighted by molar-refractivity contribution is 0.478. The lowest BCUT2D eigenvalue weighted by Gasteiger charge is -2.23. The van der Waals surface area contributed by atoms with Crippen LogP contribution >= 0.6 is 24.8 Å². The second-order valence-corrected chi connectivity index (χ2v) is 3.47. The molecule has 2 rings (SSSR count). The van der Waals surface area contributed by atoms with E-state index in [4.69, 9.17) is 5.73 Å². The molecule has 0 bridgehead atoms. The number of hydrogen-bond donors (Lipinski definition) is 3. The molecule has 4 N–H and O–H groups in total. The maximum absolute atomic E-state index is 5.49. The Labute approximate surface area is 107 Å². The highest BCUT2D eigenvalue weighted by atomic mass is 35.5. The molecule has 1 fully saturated rings. The zero-order valence-corrected chi connectivity index (χ0v) is 10.5. The van der Waals surface area contributed by atoms with E-state index in [1.807, 2.05) is 6.07 Å². The quantitative estimate of drug-likeness (QED) is 0.746. The molecule has 0 atom stereocenters. The van der Waals surface area contributed by atoms with Gasteiger partial charge in [-0.3, -0.25) is 0 Å². The van der Waals surface area contributed by atoms with Gasteiger partial charge in [-0.25, -0.2) is 4.98 Å². The minimum absolute atomic E-state index is 0. The van der Waals surface area contributed by atoms with Crippen LogP contribution in [-0.2, 0) is 0 Å². The molecule has 0 spiro atoms. The average molecular weight is 266 g/mol. The molecule has 1 aliphatic heterocycles. The second kappa shape index (κ2) is 7.49. The molecular formula is C9H17Cl2N5. The zero-order chi connectivity index (χ0) is 9.80. The van der Waals surface area contributed by atoms with Gasteiger partial charge in [0.05, 0.1) is 0 Å². The number of rotatable bonds is 2. The smallest absolute Gasteiger partial charge is 0.221 e. The van der Waals surface area contributed by atoms with Crippen LogP contribution in [0.4, 0.5) is 11.8 Å². The summed E-state index contributed by atoms with van der Waals surface area (Å²) in [5.74, 6) is 1.15. The Hall–Kier alpha value is -0.780. The summed E-state index contributed by atoms with van der Waals surface area (Å²) < 4.78 is 0. The molecule has 0 radical (unpaired) electrons. The number of nitrogen functional groups attached to an aromatic ring is 1. The van der Waals surface area contributed by atoms with Crippen molar-refractivity contribution < 1.29 is 0 Å². The third-order valence-electron chi connectivity index (χ3n) is 2.37. The number of nitrogens with one attached hydrogen (secondary N) is 2. The van der Waals surface area contributed by atoms with E-state index < -0.39 is 0 Å². The Morgan fingerprint density at radius 3 is 2.62 bits per heavy atom. The molecule has 92 valence electrons. The van der Waals surface area contributed by atoms with Gasteiger partial charge in [0.1, 0.15) is 5.82 Å². The van der Waals surface area contributed by atoms with Crippen molar-refractivity contribution in [2.75, 3.05) is 24.1 Å². The number of anilines is 2. The fraction of sp³-hybridized carbons (Fsp3) is 0.556. The third-order valence-corrected chi connectivity index (χ3v) is 2.37. The first kappa shape index (κ1) is 15.2. The molecule has 1 aromatic rings. The van der Waals surface area contributed by atoms with Crippen LogP contribution in [0.15, 0.2) is 12.3 Å². The highest BCUT2D eigenvalue weighted by molar-refractivity contribution is 5.85. The molecule has 16 heavy (non-hydrogen) atoms. The normalized spacial score (nSPS) is 15.8. The van der Waals surface area contributed by atoms with Gasteiger partial charge in [0, 0.05) is 12.2 Å². The lowest BCUT2D eigenvalue weighted by Crippen LogP contribution is -2.35. The molecule has 7 heteroatoms. The van der Waals surface area contributed by atoms with E-state index in [-0.39, 0.29) is 24.8 Å². The van der Waals surface area contributed by atoms with Gasteiger partial charge in [0.2, 0.25) is 5.95 Å². The van der Waals surface area contributed by atoms with Gasteiger partial charge in [-0.2, -0.15) is 4.98 Å². The van der Waals surface area contributed by atoms with Gasteiger partial charge in [-0.15, -0.1) is 24.8 Å². The van der Waals surface area contributed by atoms with Gasteiger partial charge in [-0.05, 0) is 32.0 Å². The molecule has 5 nitrogen and oxygen atoms in total. The Balaban J connectivity index is 0.00000112. The molecule has 1 saturated heterocycles. The van der Waals surface area contributed by atoms with Crippen LogP contribution in [0.2, 0.25) is 0 Å². The topological polar surface area (TPSA) is 75.9 Å². The Bertz CT molecular complexity index is 304. The summed E-state index contributed by atoms with van der Waals surface area (Å²) in [4.78, 5) is 7.95. The number of nitrogens with two attached hydrogens (primary N) is 1. The van der Waals surface area contributed by atoms with E-state index in [0.717, 1.165) is 31.7 Å². The summed E-state index contributed by atoms with van der Waals surface area (Å²) in [7, 11) is 0. The summed E-state index contributed by atoms with van der Waals surface area (Å²) in [5, 5.41) is 6.66. The van der Waals surface area contributed by atoms with Crippen molar-refractivity contribution in [2.45, 2.75) is 18.9 Å². The maximum atomic E-state index is 5.49. The largest absolute Gasteiger partial charge is 0.368 e. The van der Waals surface area contributed by atoms with Crippen LogP contribution in [0.25, 0.3) is 0 Å². The fourth-order valence-corrected chi connectivity index (χ4v) is 1.63. The summed E-state index contributed by atoms with van der Waals surface area (Å²) in [6, 6.07) is 2.35.